The largest absolute Gasteiger partial charge is 0.457 e. The van der Waals surface area contributed by atoms with Crippen LogP contribution in [0.25, 0.3) is 0 Å². The van der Waals surface area contributed by atoms with Gasteiger partial charge in [-0.1, -0.05) is 49.6 Å². The van der Waals surface area contributed by atoms with Gasteiger partial charge in [0.2, 0.25) is 11.8 Å². The summed E-state index contributed by atoms with van der Waals surface area (Å²) in [6.07, 6.45) is 5.50. The first-order valence-electron chi connectivity index (χ1n) is 14.2. The van der Waals surface area contributed by atoms with Crippen molar-refractivity contribution in [3.05, 3.63) is 60.2 Å². The molecule has 3 amide bonds. The number of rotatable bonds is 13. The molecule has 41 heavy (non-hydrogen) atoms. The molecule has 3 N–H and O–H groups in total. The zero-order valence-electron chi connectivity index (χ0n) is 24.2. The Morgan fingerprint density at radius 1 is 0.902 bits per heavy atom. The van der Waals surface area contributed by atoms with Crippen LogP contribution in [0.3, 0.4) is 0 Å². The maximum absolute atomic E-state index is 13.3. The van der Waals surface area contributed by atoms with Crippen molar-refractivity contribution in [1.29, 1.82) is 0 Å². The SMILES string of the molecule is CC(C)(C)OC(=O)N[C@@H](CS)C(=O)N[C@@H](CSCC1CCCCC1)C(=O)NCc1ccc(Oc2ccccc2)cc1. The summed E-state index contributed by atoms with van der Waals surface area (Å²) in [5, 5.41) is 8.34. The summed E-state index contributed by atoms with van der Waals surface area (Å²) in [4.78, 5) is 38.6. The first-order valence-corrected chi connectivity index (χ1v) is 16.0. The smallest absolute Gasteiger partial charge is 0.408 e. The number of carbonyl (C=O) groups excluding carboxylic acids is 3. The lowest BCUT2D eigenvalue weighted by atomic mass is 9.91. The van der Waals surface area contributed by atoms with Crippen LogP contribution in [0.5, 0.6) is 11.5 Å². The number of carbonyl (C=O) groups is 3. The van der Waals surface area contributed by atoms with Crippen molar-refractivity contribution < 1.29 is 23.9 Å². The van der Waals surface area contributed by atoms with E-state index in [1.807, 2.05) is 54.6 Å². The third-order valence-corrected chi connectivity index (χ3v) is 8.20. The molecule has 2 atom stereocenters. The van der Waals surface area contributed by atoms with Crippen LogP contribution in [0.2, 0.25) is 0 Å². The lowest BCUT2D eigenvalue weighted by Gasteiger charge is -2.25. The zero-order chi connectivity index (χ0) is 29.7. The maximum atomic E-state index is 13.3. The molecule has 0 aliphatic heterocycles. The number of ether oxygens (including phenoxy) is 2. The lowest BCUT2D eigenvalue weighted by Crippen LogP contribution is -2.55. The van der Waals surface area contributed by atoms with Crippen molar-refractivity contribution in [1.82, 2.24) is 16.0 Å². The Morgan fingerprint density at radius 3 is 2.20 bits per heavy atom. The molecule has 0 unspecified atom stereocenters. The van der Waals surface area contributed by atoms with Crippen LogP contribution in [-0.2, 0) is 20.9 Å². The first-order chi connectivity index (χ1) is 19.6. The number of hydrogen-bond donors (Lipinski definition) is 4. The predicted octanol–water partition coefficient (Wildman–Crippen LogP) is 5.72. The molecule has 0 aromatic heterocycles. The van der Waals surface area contributed by atoms with Crippen LogP contribution in [0.1, 0.15) is 58.4 Å². The van der Waals surface area contributed by atoms with E-state index >= 15 is 0 Å². The quantitative estimate of drug-likeness (QED) is 0.219. The normalized spacial score (nSPS) is 15.3. The van der Waals surface area contributed by atoms with Gasteiger partial charge in [0.1, 0.15) is 29.2 Å². The molecule has 0 spiro atoms. The molecule has 3 rings (SSSR count). The van der Waals surface area contributed by atoms with Gasteiger partial charge >= 0.3 is 6.09 Å². The summed E-state index contributed by atoms with van der Waals surface area (Å²) >= 11 is 5.92. The molecule has 0 bridgehead atoms. The van der Waals surface area contributed by atoms with Crippen molar-refractivity contribution in [2.24, 2.45) is 5.92 Å². The highest BCUT2D eigenvalue weighted by Crippen LogP contribution is 2.27. The van der Waals surface area contributed by atoms with E-state index in [4.69, 9.17) is 9.47 Å². The highest BCUT2D eigenvalue weighted by molar-refractivity contribution is 7.99. The molecule has 2 aromatic carbocycles. The summed E-state index contributed by atoms with van der Waals surface area (Å²) in [7, 11) is 0. The van der Waals surface area contributed by atoms with E-state index in [9.17, 15) is 14.4 Å². The van der Waals surface area contributed by atoms with Crippen LogP contribution in [0, 0.1) is 5.92 Å². The average molecular weight is 602 g/mol. The molecule has 8 nitrogen and oxygen atoms in total. The maximum Gasteiger partial charge on any atom is 0.408 e. The van der Waals surface area contributed by atoms with Gasteiger partial charge in [0, 0.05) is 18.1 Å². The number of hydrogen-bond acceptors (Lipinski definition) is 7. The van der Waals surface area contributed by atoms with Gasteiger partial charge in [0.15, 0.2) is 0 Å². The fourth-order valence-electron chi connectivity index (χ4n) is 4.42. The third kappa shape index (κ3) is 12.3. The van der Waals surface area contributed by atoms with E-state index in [2.05, 4.69) is 28.6 Å². The van der Waals surface area contributed by atoms with Gasteiger partial charge in [-0.3, -0.25) is 9.59 Å². The van der Waals surface area contributed by atoms with Gasteiger partial charge < -0.3 is 25.4 Å². The summed E-state index contributed by atoms with van der Waals surface area (Å²) in [5.74, 6) is 2.78. The molecular weight excluding hydrogens is 558 g/mol. The number of nitrogens with one attached hydrogen (secondary N) is 3. The highest BCUT2D eigenvalue weighted by atomic mass is 32.2. The minimum absolute atomic E-state index is 0.0615. The Hall–Kier alpha value is -2.85. The molecule has 1 saturated carbocycles. The fourth-order valence-corrected chi connectivity index (χ4v) is 5.95. The van der Waals surface area contributed by atoms with Gasteiger partial charge in [-0.25, -0.2) is 4.79 Å². The van der Waals surface area contributed by atoms with E-state index in [1.165, 1.54) is 32.1 Å². The molecule has 0 radical (unpaired) electrons. The Morgan fingerprint density at radius 2 is 1.56 bits per heavy atom. The van der Waals surface area contributed by atoms with E-state index in [0.717, 1.165) is 17.1 Å². The van der Waals surface area contributed by atoms with Gasteiger partial charge in [-0.15, -0.1) is 0 Å². The molecule has 1 aliphatic carbocycles. The first kappa shape index (κ1) is 32.7. The molecule has 1 aliphatic rings. The number of alkyl carbamates (subject to hydrolysis) is 1. The molecular formula is C31H43N3O5S2. The number of amides is 3. The van der Waals surface area contributed by atoms with Crippen LogP contribution in [-0.4, -0.2) is 52.9 Å². The summed E-state index contributed by atoms with van der Waals surface area (Å²) in [5.41, 5.74) is 0.199. The number of thioether (sulfide) groups is 1. The Bertz CT molecular complexity index is 1100. The van der Waals surface area contributed by atoms with Crippen LogP contribution >= 0.6 is 24.4 Å². The average Bonchev–Trinajstić information content (AvgIpc) is 2.95. The fraction of sp³-hybridized carbons (Fsp3) is 0.516. The minimum Gasteiger partial charge on any atom is -0.457 e. The van der Waals surface area contributed by atoms with Crippen molar-refractivity contribution >= 4 is 42.3 Å². The second-order valence-corrected chi connectivity index (χ2v) is 12.7. The Kier molecular flexibility index (Phi) is 13.2. The van der Waals surface area contributed by atoms with Crippen LogP contribution < -0.4 is 20.7 Å². The van der Waals surface area contributed by atoms with Gasteiger partial charge in [0.05, 0.1) is 0 Å². The molecule has 0 saturated heterocycles. The molecule has 1 fully saturated rings. The van der Waals surface area contributed by atoms with E-state index in [0.29, 0.717) is 24.0 Å². The van der Waals surface area contributed by atoms with Crippen molar-refractivity contribution in [2.75, 3.05) is 17.3 Å². The van der Waals surface area contributed by atoms with Crippen LogP contribution in [0.4, 0.5) is 4.79 Å². The third-order valence-electron chi connectivity index (χ3n) is 6.55. The van der Waals surface area contributed by atoms with E-state index < -0.39 is 29.7 Å². The molecule has 10 heteroatoms. The van der Waals surface area contributed by atoms with Gasteiger partial charge in [-0.05, 0) is 75.1 Å². The molecule has 2 aromatic rings. The van der Waals surface area contributed by atoms with E-state index in [-0.39, 0.29) is 11.7 Å². The van der Waals surface area contributed by atoms with Crippen molar-refractivity contribution in [3.8, 4) is 11.5 Å². The summed E-state index contributed by atoms with van der Waals surface area (Å²) in [6.45, 7) is 5.54. The topological polar surface area (TPSA) is 106 Å². The van der Waals surface area contributed by atoms with Crippen LogP contribution in [0.15, 0.2) is 54.6 Å². The number of benzene rings is 2. The predicted molar refractivity (Wildman–Crippen MR) is 168 cm³/mol. The highest BCUT2D eigenvalue weighted by Gasteiger charge is 2.28. The zero-order valence-corrected chi connectivity index (χ0v) is 25.9. The Labute approximate surface area is 253 Å². The van der Waals surface area contributed by atoms with Crippen molar-refractivity contribution in [2.45, 2.75) is 77.1 Å². The monoisotopic (exact) mass is 601 g/mol. The minimum atomic E-state index is -0.941. The number of para-hydroxylation sites is 1. The second-order valence-electron chi connectivity index (χ2n) is 11.3. The summed E-state index contributed by atoms with van der Waals surface area (Å²) in [6, 6.07) is 15.3. The van der Waals surface area contributed by atoms with E-state index in [1.54, 1.807) is 32.5 Å². The molecule has 224 valence electrons. The number of thiol groups is 1. The van der Waals surface area contributed by atoms with Gasteiger partial charge in [-0.2, -0.15) is 24.4 Å². The van der Waals surface area contributed by atoms with Gasteiger partial charge in [0.25, 0.3) is 0 Å². The van der Waals surface area contributed by atoms with Crippen molar-refractivity contribution in [3.63, 3.8) is 0 Å². The standard InChI is InChI=1S/C31H43N3O5S2/c1-31(2,3)39-30(37)34-26(19-40)29(36)33-27(21-41-20-23-10-6-4-7-11-23)28(35)32-18-22-14-16-25(17-15-22)38-24-12-8-5-9-13-24/h5,8-9,12-17,23,26-27,40H,4,6-7,10-11,18-21H2,1-3H3,(H,32,35)(H,33,36)(H,34,37)/t26-,27-/m0/s1. The lowest BCUT2D eigenvalue weighted by molar-refractivity contribution is -0.129. The summed E-state index contributed by atoms with van der Waals surface area (Å²) < 4.78 is 11.1. The molecule has 0 heterocycles. The Balaban J connectivity index is 1.58. The second kappa shape index (κ2) is 16.6.